The van der Waals surface area contributed by atoms with Crippen molar-refractivity contribution in [2.45, 2.75) is 19.1 Å². The lowest BCUT2D eigenvalue weighted by Crippen LogP contribution is -2.13. The Morgan fingerprint density at radius 2 is 1.79 bits per heavy atom. The number of hydrogen-bond acceptors (Lipinski definition) is 5. The highest BCUT2D eigenvalue weighted by molar-refractivity contribution is 7.22. The summed E-state index contributed by atoms with van der Waals surface area (Å²) in [7, 11) is 0. The van der Waals surface area contributed by atoms with Gasteiger partial charge < -0.3 is 11.1 Å². The number of nitrogens with zero attached hydrogens (tertiary/aromatic N) is 2. The van der Waals surface area contributed by atoms with Crippen LogP contribution in [0.3, 0.4) is 0 Å². The van der Waals surface area contributed by atoms with E-state index in [1.807, 2.05) is 43.3 Å². The van der Waals surface area contributed by atoms with E-state index in [4.69, 9.17) is 5.73 Å². The van der Waals surface area contributed by atoms with E-state index in [0.717, 1.165) is 16.3 Å². The number of anilines is 2. The standard InChI is InChI=1S/C21H16F3N4S/c1-12(13-5-3-2-4-6-13)26-19-15(8-10-18(28-19)21(22,23)24)14-7-9-17-16(11-14)27-20(25)29-17/h2-10,12H,1H3,(H2,25,27)(H,26,28). The van der Waals surface area contributed by atoms with E-state index >= 15 is 0 Å². The van der Waals surface area contributed by atoms with Crippen LogP contribution < -0.4 is 11.1 Å². The second-order valence-electron chi connectivity index (χ2n) is 6.50. The predicted octanol–water partition coefficient (Wildman–Crippen LogP) is 5.93. The van der Waals surface area contributed by atoms with Crippen LogP contribution in [0.25, 0.3) is 21.3 Å². The summed E-state index contributed by atoms with van der Waals surface area (Å²) >= 11 is 1.33. The van der Waals surface area contributed by atoms with Gasteiger partial charge in [-0.05, 0) is 36.2 Å². The zero-order chi connectivity index (χ0) is 20.6. The van der Waals surface area contributed by atoms with Crippen molar-refractivity contribution >= 4 is 32.5 Å². The van der Waals surface area contributed by atoms with Crippen molar-refractivity contribution in [3.05, 3.63) is 71.9 Å². The molecule has 0 spiro atoms. The van der Waals surface area contributed by atoms with Crippen molar-refractivity contribution in [3.8, 4) is 11.1 Å². The van der Waals surface area contributed by atoms with Gasteiger partial charge in [-0.2, -0.15) is 13.2 Å². The van der Waals surface area contributed by atoms with E-state index in [0.29, 0.717) is 21.8 Å². The fraction of sp³-hybridized carbons (Fsp3) is 0.143. The highest BCUT2D eigenvalue weighted by Gasteiger charge is 2.33. The summed E-state index contributed by atoms with van der Waals surface area (Å²) in [4.78, 5) is 8.09. The minimum Gasteiger partial charge on any atom is -0.375 e. The number of pyridine rings is 1. The van der Waals surface area contributed by atoms with Crippen LogP contribution in [0.5, 0.6) is 0 Å². The third-order valence-electron chi connectivity index (χ3n) is 4.45. The molecule has 0 amide bonds. The Hall–Kier alpha value is -3.13. The summed E-state index contributed by atoms with van der Waals surface area (Å²) in [6.07, 6.45) is -4.54. The molecule has 1 atom stereocenters. The fourth-order valence-electron chi connectivity index (χ4n) is 3.01. The molecule has 147 valence electrons. The van der Waals surface area contributed by atoms with E-state index < -0.39 is 11.9 Å². The number of hydrogen-bond donors (Lipinski definition) is 2. The molecule has 1 radical (unpaired) electrons. The van der Waals surface area contributed by atoms with Crippen LogP contribution in [-0.4, -0.2) is 9.97 Å². The number of halogens is 3. The minimum absolute atomic E-state index is 0.134. The van der Waals surface area contributed by atoms with Crippen molar-refractivity contribution in [1.29, 1.82) is 0 Å². The first-order valence-corrected chi connectivity index (χ1v) is 9.61. The molecular weight excluding hydrogens is 397 g/mol. The Bertz CT molecular complexity index is 1160. The van der Waals surface area contributed by atoms with Crippen LogP contribution in [0.1, 0.15) is 24.2 Å². The second kappa shape index (κ2) is 7.36. The highest BCUT2D eigenvalue weighted by atomic mass is 32.1. The minimum atomic E-state index is -4.54. The summed E-state index contributed by atoms with van der Waals surface area (Å²) < 4.78 is 40.6. The van der Waals surface area contributed by atoms with Crippen molar-refractivity contribution in [1.82, 2.24) is 9.97 Å². The van der Waals surface area contributed by atoms with Crippen LogP contribution >= 0.6 is 11.3 Å². The van der Waals surface area contributed by atoms with E-state index in [2.05, 4.69) is 21.4 Å². The molecule has 4 nitrogen and oxygen atoms in total. The monoisotopic (exact) mass is 413 g/mol. The van der Waals surface area contributed by atoms with Crippen molar-refractivity contribution in [2.24, 2.45) is 0 Å². The molecule has 29 heavy (non-hydrogen) atoms. The number of aromatic nitrogens is 2. The van der Waals surface area contributed by atoms with E-state index in [1.54, 1.807) is 6.07 Å². The summed E-state index contributed by atoms with van der Waals surface area (Å²) in [5, 5.41) is 3.53. The number of benzene rings is 2. The van der Waals surface area contributed by atoms with Gasteiger partial charge in [-0.15, -0.1) is 0 Å². The molecule has 2 aromatic heterocycles. The van der Waals surface area contributed by atoms with Crippen LogP contribution in [0.4, 0.5) is 24.1 Å². The van der Waals surface area contributed by atoms with Gasteiger partial charge in [0.2, 0.25) is 0 Å². The Balaban J connectivity index is 1.79. The topological polar surface area (TPSA) is 63.8 Å². The summed E-state index contributed by atoms with van der Waals surface area (Å²) in [5.74, 6) is 0.134. The first kappa shape index (κ1) is 19.2. The molecule has 3 N–H and O–H groups in total. The maximum Gasteiger partial charge on any atom is 0.433 e. The van der Waals surface area contributed by atoms with Gasteiger partial charge in [-0.3, -0.25) is 0 Å². The molecule has 0 fully saturated rings. The van der Waals surface area contributed by atoms with Gasteiger partial charge in [0.1, 0.15) is 11.5 Å². The fourth-order valence-corrected chi connectivity index (χ4v) is 3.70. The predicted molar refractivity (Wildman–Crippen MR) is 110 cm³/mol. The number of fused-ring (bicyclic) bond motifs is 1. The van der Waals surface area contributed by atoms with Crippen molar-refractivity contribution < 1.29 is 13.2 Å². The average molecular weight is 413 g/mol. The van der Waals surface area contributed by atoms with Gasteiger partial charge in [-0.1, -0.05) is 47.7 Å². The summed E-state index contributed by atoms with van der Waals surface area (Å²) in [5.41, 5.74) is 7.40. The Labute approximate surface area is 169 Å². The van der Waals surface area contributed by atoms with Gasteiger partial charge in [0.25, 0.3) is 0 Å². The molecule has 0 bridgehead atoms. The molecule has 2 heterocycles. The largest absolute Gasteiger partial charge is 0.433 e. The first-order chi connectivity index (χ1) is 13.8. The zero-order valence-electron chi connectivity index (χ0n) is 15.3. The SMILES string of the molecule is CC(Nc1nc(C(F)(F)F)ccc1-c1[c]c2nc(N)sc2cc1)c1ccccc1. The summed E-state index contributed by atoms with van der Waals surface area (Å²) in [6, 6.07) is 18.3. The third kappa shape index (κ3) is 4.02. The van der Waals surface area contributed by atoms with Crippen LogP contribution in [0.15, 0.2) is 54.6 Å². The lowest BCUT2D eigenvalue weighted by molar-refractivity contribution is -0.141. The maximum atomic E-state index is 13.3. The molecule has 0 aliphatic rings. The highest BCUT2D eigenvalue weighted by Crippen LogP contribution is 2.36. The molecule has 0 saturated carbocycles. The molecule has 1 unspecified atom stereocenters. The number of thiazole rings is 1. The quantitative estimate of drug-likeness (QED) is 0.435. The molecule has 2 aromatic carbocycles. The average Bonchev–Trinajstić information content (AvgIpc) is 3.07. The van der Waals surface area contributed by atoms with Crippen LogP contribution in [-0.2, 0) is 6.18 Å². The number of nitrogens with two attached hydrogens (primary N) is 1. The Morgan fingerprint density at radius 3 is 2.52 bits per heavy atom. The molecule has 0 aliphatic carbocycles. The maximum absolute atomic E-state index is 13.3. The molecule has 8 heteroatoms. The third-order valence-corrected chi connectivity index (χ3v) is 5.30. The Morgan fingerprint density at radius 1 is 1.03 bits per heavy atom. The molecule has 0 saturated heterocycles. The second-order valence-corrected chi connectivity index (χ2v) is 7.57. The molecule has 0 aliphatic heterocycles. The molecule has 4 aromatic rings. The van der Waals surface area contributed by atoms with Gasteiger partial charge in [0.05, 0.1) is 10.2 Å². The van der Waals surface area contributed by atoms with Gasteiger partial charge in [0.15, 0.2) is 5.13 Å². The molecule has 4 rings (SSSR count). The number of nitrogen functional groups attached to an aromatic ring is 1. The zero-order valence-corrected chi connectivity index (χ0v) is 16.1. The first-order valence-electron chi connectivity index (χ1n) is 8.80. The summed E-state index contributed by atoms with van der Waals surface area (Å²) in [6.45, 7) is 1.87. The van der Waals surface area contributed by atoms with Gasteiger partial charge in [0, 0.05) is 17.7 Å². The lowest BCUT2D eigenvalue weighted by Gasteiger charge is -2.19. The van der Waals surface area contributed by atoms with Crippen molar-refractivity contribution in [2.75, 3.05) is 11.1 Å². The lowest BCUT2D eigenvalue weighted by atomic mass is 10.0. The number of alkyl halides is 3. The Kier molecular flexibility index (Phi) is 4.87. The van der Waals surface area contributed by atoms with Crippen molar-refractivity contribution in [3.63, 3.8) is 0 Å². The molecular formula is C21H16F3N4S. The van der Waals surface area contributed by atoms with Crippen LogP contribution in [0.2, 0.25) is 0 Å². The van der Waals surface area contributed by atoms with Gasteiger partial charge in [-0.25, -0.2) is 9.97 Å². The number of nitrogens with one attached hydrogen (secondary N) is 1. The number of rotatable bonds is 4. The normalized spacial score (nSPS) is 12.8. The van der Waals surface area contributed by atoms with E-state index in [1.165, 1.54) is 17.4 Å². The smallest absolute Gasteiger partial charge is 0.375 e. The van der Waals surface area contributed by atoms with E-state index in [9.17, 15) is 13.2 Å². The van der Waals surface area contributed by atoms with E-state index in [-0.39, 0.29) is 11.9 Å². The van der Waals surface area contributed by atoms with Crippen LogP contribution in [0, 0.1) is 6.07 Å². The van der Waals surface area contributed by atoms with Gasteiger partial charge >= 0.3 is 6.18 Å².